The first-order chi connectivity index (χ1) is 9.72. The standard InChI is InChI=1S/C14H20N4O2/c1-2-3-4-5-8-17-9-15-12-11(17)13(19)16-14(20)18(12)10-6-7-10/h9-10H,2-8H2,1H3,(H,16,19,20). The van der Waals surface area contributed by atoms with Gasteiger partial charge in [0.1, 0.15) is 0 Å². The molecule has 2 heterocycles. The van der Waals surface area contributed by atoms with Crippen molar-refractivity contribution in [3.05, 3.63) is 27.2 Å². The molecule has 2 aromatic rings. The average molecular weight is 276 g/mol. The molecule has 0 spiro atoms. The Morgan fingerprint density at radius 3 is 2.80 bits per heavy atom. The SMILES string of the molecule is CCCCCCn1cnc2c1c(=O)[nH]c(=O)n2C1CC1. The number of H-pyrrole nitrogens is 1. The first kappa shape index (κ1) is 13.1. The number of nitrogens with zero attached hydrogens (tertiary/aromatic N) is 3. The van der Waals surface area contributed by atoms with E-state index in [-0.39, 0.29) is 17.3 Å². The number of hydrogen-bond acceptors (Lipinski definition) is 3. The lowest BCUT2D eigenvalue weighted by Gasteiger charge is -2.06. The lowest BCUT2D eigenvalue weighted by Crippen LogP contribution is -2.30. The molecule has 0 bridgehead atoms. The second-order valence-corrected chi connectivity index (χ2v) is 5.53. The van der Waals surface area contributed by atoms with Gasteiger partial charge in [-0.1, -0.05) is 26.2 Å². The normalized spacial score (nSPS) is 15.1. The Bertz CT molecular complexity index is 721. The minimum Gasteiger partial charge on any atom is -0.325 e. The van der Waals surface area contributed by atoms with Crippen LogP contribution < -0.4 is 11.2 Å². The quantitative estimate of drug-likeness (QED) is 0.818. The van der Waals surface area contributed by atoms with Gasteiger partial charge in [0.05, 0.1) is 6.33 Å². The molecule has 1 saturated carbocycles. The summed E-state index contributed by atoms with van der Waals surface area (Å²) in [5.41, 5.74) is 0.417. The van der Waals surface area contributed by atoms with Gasteiger partial charge in [0.25, 0.3) is 5.56 Å². The number of aryl methyl sites for hydroxylation is 1. The van der Waals surface area contributed by atoms with Gasteiger partial charge in [-0.3, -0.25) is 14.3 Å². The van der Waals surface area contributed by atoms with Gasteiger partial charge in [-0.25, -0.2) is 9.78 Å². The van der Waals surface area contributed by atoms with Gasteiger partial charge in [-0.05, 0) is 19.3 Å². The highest BCUT2D eigenvalue weighted by Crippen LogP contribution is 2.34. The Labute approximate surface area is 116 Å². The third-order valence-electron chi connectivity index (χ3n) is 3.87. The molecule has 0 atom stereocenters. The van der Waals surface area contributed by atoms with Crippen LogP contribution in [0.2, 0.25) is 0 Å². The van der Waals surface area contributed by atoms with E-state index >= 15 is 0 Å². The second-order valence-electron chi connectivity index (χ2n) is 5.53. The summed E-state index contributed by atoms with van der Waals surface area (Å²) in [6.45, 7) is 2.95. The molecule has 0 amide bonds. The molecule has 6 heteroatoms. The minimum absolute atomic E-state index is 0.213. The number of hydrogen-bond donors (Lipinski definition) is 1. The molecule has 0 aromatic carbocycles. The van der Waals surface area contributed by atoms with Crippen molar-refractivity contribution in [1.82, 2.24) is 19.1 Å². The molecule has 3 rings (SSSR count). The molecule has 6 nitrogen and oxygen atoms in total. The highest BCUT2D eigenvalue weighted by molar-refractivity contribution is 5.70. The summed E-state index contributed by atoms with van der Waals surface area (Å²) in [4.78, 5) is 30.7. The molecule has 1 fully saturated rings. The molecule has 108 valence electrons. The van der Waals surface area contributed by atoms with Gasteiger partial charge in [-0.15, -0.1) is 0 Å². The summed E-state index contributed by atoms with van der Waals surface area (Å²) >= 11 is 0. The molecule has 2 aromatic heterocycles. The fraction of sp³-hybridized carbons (Fsp3) is 0.643. The van der Waals surface area contributed by atoms with E-state index < -0.39 is 0 Å². The second kappa shape index (κ2) is 5.26. The lowest BCUT2D eigenvalue weighted by atomic mass is 10.2. The molecular weight excluding hydrogens is 256 g/mol. The van der Waals surface area contributed by atoms with Crippen LogP contribution in [-0.4, -0.2) is 19.1 Å². The van der Waals surface area contributed by atoms with E-state index in [1.807, 2.05) is 4.57 Å². The van der Waals surface area contributed by atoms with Crippen molar-refractivity contribution in [2.75, 3.05) is 0 Å². The van der Waals surface area contributed by atoms with Crippen LogP contribution in [0.3, 0.4) is 0 Å². The van der Waals surface area contributed by atoms with E-state index in [1.165, 1.54) is 12.8 Å². The number of aromatic nitrogens is 4. The van der Waals surface area contributed by atoms with Crippen LogP contribution in [0, 0.1) is 0 Å². The van der Waals surface area contributed by atoms with Gasteiger partial charge in [0.2, 0.25) is 0 Å². The maximum atomic E-state index is 12.0. The van der Waals surface area contributed by atoms with Crippen LogP contribution in [0.15, 0.2) is 15.9 Å². The van der Waals surface area contributed by atoms with Crippen LogP contribution in [0.25, 0.3) is 11.2 Å². The molecule has 1 N–H and O–H groups in total. The highest BCUT2D eigenvalue weighted by Gasteiger charge is 2.28. The lowest BCUT2D eigenvalue weighted by molar-refractivity contribution is 0.590. The van der Waals surface area contributed by atoms with Gasteiger partial charge in [0, 0.05) is 12.6 Å². The third kappa shape index (κ3) is 2.30. The van der Waals surface area contributed by atoms with Gasteiger partial charge < -0.3 is 4.57 Å². The summed E-state index contributed by atoms with van der Waals surface area (Å²) < 4.78 is 3.52. The van der Waals surface area contributed by atoms with E-state index in [0.717, 1.165) is 32.2 Å². The molecular formula is C14H20N4O2. The zero-order valence-electron chi connectivity index (χ0n) is 11.8. The van der Waals surface area contributed by atoms with Crippen LogP contribution in [0.5, 0.6) is 0 Å². The van der Waals surface area contributed by atoms with E-state index in [1.54, 1.807) is 10.9 Å². The van der Waals surface area contributed by atoms with E-state index in [2.05, 4.69) is 16.9 Å². The predicted octanol–water partition coefficient (Wildman–Crippen LogP) is 1.80. The van der Waals surface area contributed by atoms with Crippen LogP contribution in [0.4, 0.5) is 0 Å². The van der Waals surface area contributed by atoms with Gasteiger partial charge >= 0.3 is 5.69 Å². The number of fused-ring (bicyclic) bond motifs is 1. The van der Waals surface area contributed by atoms with Crippen molar-refractivity contribution < 1.29 is 0 Å². The molecule has 0 unspecified atom stereocenters. The van der Waals surface area contributed by atoms with Crippen molar-refractivity contribution in [1.29, 1.82) is 0 Å². The Hall–Kier alpha value is -1.85. The summed E-state index contributed by atoms with van der Waals surface area (Å²) in [6.07, 6.45) is 8.24. The maximum Gasteiger partial charge on any atom is 0.330 e. The summed E-state index contributed by atoms with van der Waals surface area (Å²) in [6, 6.07) is 0.213. The fourth-order valence-corrected chi connectivity index (χ4v) is 2.64. The zero-order chi connectivity index (χ0) is 14.1. The zero-order valence-corrected chi connectivity index (χ0v) is 11.8. The largest absolute Gasteiger partial charge is 0.330 e. The van der Waals surface area contributed by atoms with Crippen LogP contribution >= 0.6 is 0 Å². The van der Waals surface area contributed by atoms with Crippen LogP contribution in [0.1, 0.15) is 51.5 Å². The topological polar surface area (TPSA) is 72.7 Å². The predicted molar refractivity (Wildman–Crippen MR) is 77.0 cm³/mol. The summed E-state index contributed by atoms with van der Waals surface area (Å²) in [5.74, 6) is 0. The highest BCUT2D eigenvalue weighted by atomic mass is 16.2. The average Bonchev–Trinajstić information content (AvgIpc) is 3.15. The Balaban J connectivity index is 1.97. The van der Waals surface area contributed by atoms with Crippen molar-refractivity contribution in [2.24, 2.45) is 0 Å². The number of nitrogens with one attached hydrogen (secondary N) is 1. The molecule has 0 radical (unpaired) electrons. The van der Waals surface area contributed by atoms with E-state index in [4.69, 9.17) is 0 Å². The van der Waals surface area contributed by atoms with Crippen molar-refractivity contribution in [3.8, 4) is 0 Å². The van der Waals surface area contributed by atoms with Crippen LogP contribution in [-0.2, 0) is 6.54 Å². The number of imidazole rings is 1. The van der Waals surface area contributed by atoms with Gasteiger partial charge in [0.15, 0.2) is 11.2 Å². The van der Waals surface area contributed by atoms with Crippen molar-refractivity contribution in [3.63, 3.8) is 0 Å². The first-order valence-corrected chi connectivity index (χ1v) is 7.42. The fourth-order valence-electron chi connectivity index (χ4n) is 2.64. The first-order valence-electron chi connectivity index (χ1n) is 7.42. The minimum atomic E-state index is -0.332. The molecule has 1 aliphatic rings. The monoisotopic (exact) mass is 276 g/mol. The smallest absolute Gasteiger partial charge is 0.325 e. The summed E-state index contributed by atoms with van der Waals surface area (Å²) in [7, 11) is 0. The van der Waals surface area contributed by atoms with Crippen molar-refractivity contribution >= 4 is 11.2 Å². The van der Waals surface area contributed by atoms with Gasteiger partial charge in [-0.2, -0.15) is 0 Å². The van der Waals surface area contributed by atoms with E-state index in [0.29, 0.717) is 11.2 Å². The number of aromatic amines is 1. The number of rotatable bonds is 6. The maximum absolute atomic E-state index is 12.0. The number of unbranched alkanes of at least 4 members (excludes halogenated alkanes) is 3. The van der Waals surface area contributed by atoms with Crippen molar-refractivity contribution in [2.45, 2.75) is 58.0 Å². The Morgan fingerprint density at radius 1 is 1.30 bits per heavy atom. The Morgan fingerprint density at radius 2 is 2.10 bits per heavy atom. The molecule has 20 heavy (non-hydrogen) atoms. The molecule has 0 saturated heterocycles. The molecule has 1 aliphatic carbocycles. The van der Waals surface area contributed by atoms with E-state index in [9.17, 15) is 9.59 Å². The third-order valence-corrected chi connectivity index (χ3v) is 3.87. The summed E-state index contributed by atoms with van der Waals surface area (Å²) in [5, 5.41) is 0. The molecule has 0 aliphatic heterocycles. The Kier molecular flexibility index (Phi) is 3.46.